The number of carbonyl (C=O) groups excluding carboxylic acids is 3. The molecule has 1 heterocycles. The summed E-state index contributed by atoms with van der Waals surface area (Å²) in [7, 11) is 0. The summed E-state index contributed by atoms with van der Waals surface area (Å²) in [6.45, 7) is 10.7. The number of amides is 3. The number of hydrogen-bond acceptors (Lipinski definition) is 3. The fourth-order valence-corrected chi connectivity index (χ4v) is 3.62. The highest BCUT2D eigenvalue weighted by Gasteiger charge is 2.38. The minimum Gasteiger partial charge on any atom is -0.352 e. The van der Waals surface area contributed by atoms with Crippen LogP contribution in [0.15, 0.2) is 24.3 Å². The fraction of sp³-hybridized carbons (Fsp3) is 0.591. The van der Waals surface area contributed by atoms with Crippen molar-refractivity contribution in [3.8, 4) is 0 Å². The lowest BCUT2D eigenvalue weighted by Gasteiger charge is -2.25. The number of para-hydroxylation sites is 1. The molecule has 1 N–H and O–H groups in total. The predicted molar refractivity (Wildman–Crippen MR) is 111 cm³/mol. The van der Waals surface area contributed by atoms with Gasteiger partial charge in [0.25, 0.3) is 0 Å². The lowest BCUT2D eigenvalue weighted by molar-refractivity contribution is -0.139. The molecule has 0 radical (unpaired) electrons. The van der Waals surface area contributed by atoms with E-state index in [0.717, 1.165) is 17.7 Å². The maximum Gasteiger partial charge on any atom is 0.239 e. The van der Waals surface area contributed by atoms with Gasteiger partial charge in [-0.25, -0.2) is 0 Å². The minimum atomic E-state index is -0.413. The molecule has 0 spiro atoms. The molecule has 2 unspecified atom stereocenters. The summed E-state index contributed by atoms with van der Waals surface area (Å²) in [6.07, 6.45) is 1.17. The van der Waals surface area contributed by atoms with Crippen molar-refractivity contribution in [3.05, 3.63) is 29.8 Å². The first kappa shape index (κ1) is 21.9. The third-order valence-corrected chi connectivity index (χ3v) is 5.32. The van der Waals surface area contributed by atoms with Gasteiger partial charge in [-0.15, -0.1) is 0 Å². The van der Waals surface area contributed by atoms with E-state index in [9.17, 15) is 14.4 Å². The Bertz CT molecular complexity index is 717. The van der Waals surface area contributed by atoms with Gasteiger partial charge in [-0.2, -0.15) is 0 Å². The smallest absolute Gasteiger partial charge is 0.239 e. The zero-order chi connectivity index (χ0) is 20.8. The van der Waals surface area contributed by atoms with Crippen LogP contribution in [0.5, 0.6) is 0 Å². The average molecular weight is 388 g/mol. The molecule has 6 nitrogen and oxygen atoms in total. The number of nitrogens with one attached hydrogen (secondary N) is 1. The summed E-state index contributed by atoms with van der Waals surface area (Å²) in [6, 6.07) is 7.96. The van der Waals surface area contributed by atoms with Crippen LogP contribution >= 0.6 is 0 Å². The molecular weight excluding hydrogens is 354 g/mol. The molecule has 2 rings (SSSR count). The van der Waals surface area contributed by atoms with Gasteiger partial charge in [0.05, 0.1) is 12.5 Å². The Morgan fingerprint density at radius 1 is 1.21 bits per heavy atom. The van der Waals surface area contributed by atoms with E-state index < -0.39 is 5.92 Å². The van der Waals surface area contributed by atoms with Gasteiger partial charge >= 0.3 is 0 Å². The van der Waals surface area contributed by atoms with Crippen LogP contribution in [0.25, 0.3) is 0 Å². The van der Waals surface area contributed by atoms with E-state index in [1.165, 1.54) is 0 Å². The molecule has 0 saturated carbocycles. The van der Waals surface area contributed by atoms with E-state index >= 15 is 0 Å². The van der Waals surface area contributed by atoms with Crippen LogP contribution < -0.4 is 10.2 Å². The van der Waals surface area contributed by atoms with E-state index in [-0.39, 0.29) is 36.7 Å². The van der Waals surface area contributed by atoms with Crippen LogP contribution in [0.1, 0.15) is 58.9 Å². The lowest BCUT2D eigenvalue weighted by atomic mass is 9.96. The summed E-state index contributed by atoms with van der Waals surface area (Å²) in [4.78, 5) is 41.0. The molecule has 0 aromatic heterocycles. The van der Waals surface area contributed by atoms with E-state index in [2.05, 4.69) is 25.2 Å². The number of hydrogen-bond donors (Lipinski definition) is 1. The summed E-state index contributed by atoms with van der Waals surface area (Å²) in [5.74, 6) is -0.404. The van der Waals surface area contributed by atoms with Gasteiger partial charge in [-0.3, -0.25) is 14.4 Å². The first-order valence-electron chi connectivity index (χ1n) is 10.3. The molecule has 0 aliphatic carbocycles. The number of anilines is 1. The van der Waals surface area contributed by atoms with Crippen molar-refractivity contribution in [1.82, 2.24) is 10.2 Å². The highest BCUT2D eigenvalue weighted by molar-refractivity contribution is 6.01. The van der Waals surface area contributed by atoms with Gasteiger partial charge in [0.1, 0.15) is 0 Å². The van der Waals surface area contributed by atoms with E-state index in [4.69, 9.17) is 0 Å². The lowest BCUT2D eigenvalue weighted by Crippen LogP contribution is -2.45. The number of rotatable bonds is 8. The van der Waals surface area contributed by atoms with E-state index in [1.807, 2.05) is 39.0 Å². The van der Waals surface area contributed by atoms with Crippen LogP contribution in [-0.2, 0) is 14.4 Å². The molecule has 3 amide bonds. The minimum absolute atomic E-state index is 0.0294. The van der Waals surface area contributed by atoms with Crippen LogP contribution in [0, 0.1) is 5.92 Å². The van der Waals surface area contributed by atoms with Gasteiger partial charge in [0.15, 0.2) is 0 Å². The Morgan fingerprint density at radius 2 is 1.89 bits per heavy atom. The Labute approximate surface area is 168 Å². The first-order chi connectivity index (χ1) is 13.3. The van der Waals surface area contributed by atoms with Crippen molar-refractivity contribution in [3.63, 3.8) is 0 Å². The third-order valence-electron chi connectivity index (χ3n) is 5.32. The summed E-state index contributed by atoms with van der Waals surface area (Å²) in [5, 5.41) is 2.81. The van der Waals surface area contributed by atoms with Crippen molar-refractivity contribution in [2.24, 2.45) is 5.92 Å². The van der Waals surface area contributed by atoms with Gasteiger partial charge in [0, 0.05) is 31.2 Å². The number of likely N-dealkylation sites (N-methyl/N-ethyl adjacent to an activating group) is 1. The Kier molecular flexibility index (Phi) is 7.61. The molecule has 1 aromatic carbocycles. The molecule has 28 heavy (non-hydrogen) atoms. The molecule has 1 saturated heterocycles. The Balaban J connectivity index is 2.13. The van der Waals surface area contributed by atoms with Crippen molar-refractivity contribution < 1.29 is 14.4 Å². The molecular formula is C22H33N3O3. The van der Waals surface area contributed by atoms with Gasteiger partial charge < -0.3 is 15.1 Å². The summed E-state index contributed by atoms with van der Waals surface area (Å²) in [5.41, 5.74) is 2.04. The molecule has 2 atom stereocenters. The molecule has 0 bridgehead atoms. The first-order valence-corrected chi connectivity index (χ1v) is 10.3. The second-order valence-electron chi connectivity index (χ2n) is 7.85. The van der Waals surface area contributed by atoms with Gasteiger partial charge in [-0.1, -0.05) is 32.0 Å². The number of nitrogens with zero attached hydrogens (tertiary/aromatic N) is 2. The maximum absolute atomic E-state index is 13.0. The molecule has 154 valence electrons. The van der Waals surface area contributed by atoms with E-state index in [0.29, 0.717) is 19.0 Å². The van der Waals surface area contributed by atoms with Crippen molar-refractivity contribution >= 4 is 23.4 Å². The normalized spacial score (nSPS) is 17.7. The van der Waals surface area contributed by atoms with Gasteiger partial charge in [-0.05, 0) is 44.7 Å². The number of benzene rings is 1. The molecule has 1 aromatic rings. The van der Waals surface area contributed by atoms with Crippen LogP contribution in [0.2, 0.25) is 0 Å². The second kappa shape index (κ2) is 9.71. The van der Waals surface area contributed by atoms with Crippen molar-refractivity contribution in [2.45, 2.75) is 59.4 Å². The van der Waals surface area contributed by atoms with Crippen LogP contribution in [0.4, 0.5) is 5.69 Å². The zero-order valence-electron chi connectivity index (χ0n) is 17.7. The molecule has 1 aliphatic rings. The maximum atomic E-state index is 13.0. The average Bonchev–Trinajstić information content (AvgIpc) is 3.05. The number of carbonyl (C=O) groups is 3. The van der Waals surface area contributed by atoms with Crippen molar-refractivity contribution in [1.29, 1.82) is 0 Å². The van der Waals surface area contributed by atoms with Crippen LogP contribution in [0.3, 0.4) is 0 Å². The molecule has 6 heteroatoms. The fourth-order valence-electron chi connectivity index (χ4n) is 3.62. The second-order valence-corrected chi connectivity index (χ2v) is 7.85. The Morgan fingerprint density at radius 3 is 2.50 bits per heavy atom. The topological polar surface area (TPSA) is 69.7 Å². The molecule has 1 aliphatic heterocycles. The standard InChI is InChI=1S/C22H33N3O3/c1-6-16(5)18-10-8-9-11-19(18)25-13-17(12-21(25)27)22(28)24(7-2)14-20(26)23-15(3)4/h8-11,15-17H,6-7,12-14H2,1-5H3,(H,23,26). The quantitative estimate of drug-likeness (QED) is 0.746. The van der Waals surface area contributed by atoms with Crippen molar-refractivity contribution in [2.75, 3.05) is 24.5 Å². The SMILES string of the molecule is CCC(C)c1ccccc1N1CC(C(=O)N(CC)CC(=O)NC(C)C)CC1=O. The largest absolute Gasteiger partial charge is 0.352 e. The molecule has 1 fully saturated rings. The summed E-state index contributed by atoms with van der Waals surface area (Å²) >= 11 is 0. The highest BCUT2D eigenvalue weighted by atomic mass is 16.2. The Hall–Kier alpha value is -2.37. The van der Waals surface area contributed by atoms with Gasteiger partial charge in [0.2, 0.25) is 17.7 Å². The predicted octanol–water partition coefficient (Wildman–Crippen LogP) is 2.93. The van der Waals surface area contributed by atoms with Crippen LogP contribution in [-0.4, -0.2) is 48.3 Å². The highest BCUT2D eigenvalue weighted by Crippen LogP contribution is 2.33. The third kappa shape index (κ3) is 5.12. The monoisotopic (exact) mass is 387 g/mol. The zero-order valence-corrected chi connectivity index (χ0v) is 17.7. The van der Waals surface area contributed by atoms with E-state index in [1.54, 1.807) is 9.80 Å². The summed E-state index contributed by atoms with van der Waals surface area (Å²) < 4.78 is 0.